The highest BCUT2D eigenvalue weighted by molar-refractivity contribution is 6.12. The van der Waals surface area contributed by atoms with Crippen LogP contribution in [-0.2, 0) is 4.79 Å². The number of hydrogen-bond donors (Lipinski definition) is 0. The Balaban J connectivity index is 1.53. The maximum absolute atomic E-state index is 13.0. The zero-order valence-corrected chi connectivity index (χ0v) is 17.4. The summed E-state index contributed by atoms with van der Waals surface area (Å²) in [5, 5.41) is 4.46. The van der Waals surface area contributed by atoms with Gasteiger partial charge in [-0.25, -0.2) is 9.50 Å². The molecule has 154 valence electrons. The zero-order valence-electron chi connectivity index (χ0n) is 17.4. The molecule has 0 spiro atoms. The van der Waals surface area contributed by atoms with Crippen LogP contribution in [-0.4, -0.2) is 33.3 Å². The number of benzene rings is 2. The van der Waals surface area contributed by atoms with Crippen molar-refractivity contribution in [1.82, 2.24) is 14.6 Å². The predicted molar refractivity (Wildman–Crippen MR) is 119 cm³/mol. The third-order valence-corrected chi connectivity index (χ3v) is 5.75. The highest BCUT2D eigenvalue weighted by atomic mass is 16.2. The minimum absolute atomic E-state index is 0.108. The molecule has 1 aliphatic carbocycles. The second-order valence-corrected chi connectivity index (χ2v) is 8.04. The summed E-state index contributed by atoms with van der Waals surface area (Å²) >= 11 is 0. The number of aromatic nitrogens is 3. The van der Waals surface area contributed by atoms with Crippen molar-refractivity contribution >= 4 is 23.0 Å². The first-order valence-electron chi connectivity index (χ1n) is 10.3. The van der Waals surface area contributed by atoms with Crippen LogP contribution in [0.4, 0.5) is 5.69 Å². The quantitative estimate of drug-likeness (QED) is 0.460. The Morgan fingerprint density at radius 3 is 2.58 bits per heavy atom. The lowest BCUT2D eigenvalue weighted by atomic mass is 10.0. The van der Waals surface area contributed by atoms with Crippen LogP contribution in [0.15, 0.2) is 67.0 Å². The Bertz CT molecular complexity index is 1300. The molecule has 0 atom stereocenters. The molecule has 0 bridgehead atoms. The van der Waals surface area contributed by atoms with Crippen molar-refractivity contribution < 1.29 is 9.59 Å². The minimum atomic E-state index is -0.108. The number of ketones is 1. The van der Waals surface area contributed by atoms with E-state index in [9.17, 15) is 9.59 Å². The third-order valence-electron chi connectivity index (χ3n) is 5.75. The molecule has 6 heteroatoms. The molecule has 2 heterocycles. The van der Waals surface area contributed by atoms with Crippen molar-refractivity contribution in [2.75, 3.05) is 11.9 Å². The van der Waals surface area contributed by atoms with Gasteiger partial charge in [-0.05, 0) is 38.0 Å². The van der Waals surface area contributed by atoms with Crippen LogP contribution in [0.5, 0.6) is 0 Å². The Morgan fingerprint density at radius 1 is 1.06 bits per heavy atom. The number of nitrogens with zero attached hydrogens (tertiary/aromatic N) is 4. The highest BCUT2D eigenvalue weighted by Crippen LogP contribution is 2.33. The molecule has 31 heavy (non-hydrogen) atoms. The molecule has 0 aliphatic heterocycles. The van der Waals surface area contributed by atoms with Gasteiger partial charge in [-0.15, -0.1) is 0 Å². The van der Waals surface area contributed by atoms with Crippen molar-refractivity contribution in [3.63, 3.8) is 0 Å². The van der Waals surface area contributed by atoms with Gasteiger partial charge < -0.3 is 4.90 Å². The van der Waals surface area contributed by atoms with Gasteiger partial charge in [0.15, 0.2) is 11.4 Å². The normalized spacial score (nSPS) is 13.4. The van der Waals surface area contributed by atoms with Crippen LogP contribution in [0.25, 0.3) is 16.9 Å². The first-order chi connectivity index (χ1) is 15.0. The van der Waals surface area contributed by atoms with Crippen LogP contribution in [0.2, 0.25) is 0 Å². The molecule has 4 aromatic rings. The highest BCUT2D eigenvalue weighted by Gasteiger charge is 2.32. The monoisotopic (exact) mass is 410 g/mol. The van der Waals surface area contributed by atoms with E-state index in [0.717, 1.165) is 35.3 Å². The van der Waals surface area contributed by atoms with Gasteiger partial charge in [0.1, 0.15) is 0 Å². The van der Waals surface area contributed by atoms with E-state index in [2.05, 4.69) is 10.1 Å². The number of rotatable bonds is 5. The fraction of sp³-hybridized carbons (Fsp3) is 0.200. The summed E-state index contributed by atoms with van der Waals surface area (Å²) in [7, 11) is 1.81. The molecule has 0 unspecified atom stereocenters. The standard InChI is InChI=1S/C25H22N4O2/c1-16-6-8-17(9-7-16)23(30)21-15-27-29-22(12-13-26-24(21)29)19-4-3-5-20(14-19)28(2)25(31)18-10-11-18/h3-9,12-15,18H,10-11H2,1-2H3. The summed E-state index contributed by atoms with van der Waals surface area (Å²) in [6.45, 7) is 1.99. The summed E-state index contributed by atoms with van der Waals surface area (Å²) in [5.74, 6) is 0.202. The second kappa shape index (κ2) is 7.47. The summed E-state index contributed by atoms with van der Waals surface area (Å²) < 4.78 is 1.68. The van der Waals surface area contributed by atoms with Gasteiger partial charge in [0.2, 0.25) is 5.91 Å². The Hall–Kier alpha value is -3.80. The van der Waals surface area contributed by atoms with Gasteiger partial charge in [-0.2, -0.15) is 5.10 Å². The fourth-order valence-corrected chi connectivity index (χ4v) is 3.74. The lowest BCUT2D eigenvalue weighted by molar-refractivity contribution is -0.119. The molecule has 0 saturated heterocycles. The SMILES string of the molecule is Cc1ccc(C(=O)c2cnn3c(-c4cccc(N(C)C(=O)C5CC5)c4)ccnc23)cc1. The molecule has 1 saturated carbocycles. The van der Waals surface area contributed by atoms with Crippen LogP contribution < -0.4 is 4.90 Å². The van der Waals surface area contributed by atoms with Gasteiger partial charge >= 0.3 is 0 Å². The van der Waals surface area contributed by atoms with Crippen molar-refractivity contribution in [3.05, 3.63) is 83.7 Å². The molecular formula is C25H22N4O2. The average molecular weight is 410 g/mol. The van der Waals surface area contributed by atoms with E-state index in [0.29, 0.717) is 16.8 Å². The van der Waals surface area contributed by atoms with Gasteiger partial charge in [-0.3, -0.25) is 9.59 Å². The van der Waals surface area contributed by atoms with Crippen molar-refractivity contribution in [3.8, 4) is 11.3 Å². The molecule has 6 nitrogen and oxygen atoms in total. The molecule has 1 amide bonds. The largest absolute Gasteiger partial charge is 0.315 e. The molecule has 2 aromatic heterocycles. The van der Waals surface area contributed by atoms with Gasteiger partial charge in [0.25, 0.3) is 0 Å². The number of carbonyl (C=O) groups excluding carboxylic acids is 2. The summed E-state index contributed by atoms with van der Waals surface area (Å²) in [5.41, 5.74) is 5.22. The van der Waals surface area contributed by atoms with E-state index in [1.807, 2.05) is 68.6 Å². The first-order valence-corrected chi connectivity index (χ1v) is 10.3. The van der Waals surface area contributed by atoms with E-state index in [4.69, 9.17) is 0 Å². The lowest BCUT2D eigenvalue weighted by Crippen LogP contribution is -2.27. The van der Waals surface area contributed by atoms with E-state index in [-0.39, 0.29) is 17.6 Å². The molecular weight excluding hydrogens is 388 g/mol. The number of amides is 1. The molecule has 0 N–H and O–H groups in total. The molecule has 2 aromatic carbocycles. The first kappa shape index (κ1) is 19.2. The zero-order chi connectivity index (χ0) is 21.5. The Labute approximate surface area is 180 Å². The molecule has 1 aliphatic rings. The topological polar surface area (TPSA) is 67.6 Å². The number of carbonyl (C=O) groups is 2. The van der Waals surface area contributed by atoms with Crippen molar-refractivity contribution in [1.29, 1.82) is 0 Å². The number of hydrogen-bond acceptors (Lipinski definition) is 4. The number of fused-ring (bicyclic) bond motifs is 1. The Morgan fingerprint density at radius 2 is 1.84 bits per heavy atom. The Kier molecular flexibility index (Phi) is 4.62. The smallest absolute Gasteiger partial charge is 0.229 e. The second-order valence-electron chi connectivity index (χ2n) is 8.04. The van der Waals surface area contributed by atoms with Crippen LogP contribution in [0.1, 0.15) is 34.3 Å². The predicted octanol–water partition coefficient (Wildman–Crippen LogP) is 4.31. The van der Waals surface area contributed by atoms with E-state index in [1.165, 1.54) is 0 Å². The molecule has 0 radical (unpaired) electrons. The molecule has 1 fully saturated rings. The fourth-order valence-electron chi connectivity index (χ4n) is 3.74. The minimum Gasteiger partial charge on any atom is -0.315 e. The van der Waals surface area contributed by atoms with E-state index >= 15 is 0 Å². The van der Waals surface area contributed by atoms with E-state index < -0.39 is 0 Å². The van der Waals surface area contributed by atoms with Crippen LogP contribution in [0, 0.1) is 12.8 Å². The van der Waals surface area contributed by atoms with Gasteiger partial charge in [0.05, 0.1) is 17.5 Å². The summed E-state index contributed by atoms with van der Waals surface area (Å²) in [6.07, 6.45) is 5.20. The maximum Gasteiger partial charge on any atom is 0.229 e. The average Bonchev–Trinajstić information content (AvgIpc) is 3.56. The summed E-state index contributed by atoms with van der Waals surface area (Å²) in [6, 6.07) is 17.1. The van der Waals surface area contributed by atoms with Crippen LogP contribution in [0.3, 0.4) is 0 Å². The van der Waals surface area contributed by atoms with Crippen LogP contribution >= 0.6 is 0 Å². The van der Waals surface area contributed by atoms with E-state index in [1.54, 1.807) is 21.8 Å². The summed E-state index contributed by atoms with van der Waals surface area (Å²) in [4.78, 5) is 31.6. The number of anilines is 1. The number of aryl methyl sites for hydroxylation is 1. The molecule has 5 rings (SSSR count). The van der Waals surface area contributed by atoms with Gasteiger partial charge in [0, 0.05) is 36.0 Å². The third kappa shape index (κ3) is 3.50. The van der Waals surface area contributed by atoms with Crippen molar-refractivity contribution in [2.24, 2.45) is 5.92 Å². The van der Waals surface area contributed by atoms with Crippen molar-refractivity contribution in [2.45, 2.75) is 19.8 Å². The van der Waals surface area contributed by atoms with Gasteiger partial charge in [-0.1, -0.05) is 42.0 Å². The lowest BCUT2D eigenvalue weighted by Gasteiger charge is -2.18. The maximum atomic E-state index is 13.0.